The summed E-state index contributed by atoms with van der Waals surface area (Å²) < 4.78 is 4.63. The summed E-state index contributed by atoms with van der Waals surface area (Å²) in [5, 5.41) is 0. The number of carbonyl (C=O) groups excluding carboxylic acids is 1. The molecule has 0 saturated carbocycles. The fraction of sp³-hybridized carbons (Fsp3) is 0.889. The number of likely N-dealkylation sites (tertiary alicyclic amines) is 1. The summed E-state index contributed by atoms with van der Waals surface area (Å²) in [5.74, 6) is -0.159. The van der Waals surface area contributed by atoms with E-state index in [1.165, 1.54) is 7.11 Å². The van der Waals surface area contributed by atoms with E-state index in [0.29, 0.717) is 6.67 Å². The van der Waals surface area contributed by atoms with Gasteiger partial charge in [-0.1, -0.05) is 13.8 Å². The van der Waals surface area contributed by atoms with Gasteiger partial charge in [-0.3, -0.25) is 9.69 Å². The Morgan fingerprint density at radius 3 is 2.69 bits per heavy atom. The van der Waals surface area contributed by atoms with Gasteiger partial charge in [0.2, 0.25) is 0 Å². The summed E-state index contributed by atoms with van der Waals surface area (Å²) in [5.41, 5.74) is 5.43. The molecule has 78 valence electrons. The van der Waals surface area contributed by atoms with Crippen LogP contribution in [0.3, 0.4) is 0 Å². The molecule has 1 fully saturated rings. The van der Waals surface area contributed by atoms with Crippen molar-refractivity contribution in [2.75, 3.05) is 20.3 Å². The molecule has 4 heteroatoms. The van der Waals surface area contributed by atoms with Gasteiger partial charge in [-0.05, 0) is 12.8 Å². The Morgan fingerprint density at radius 2 is 2.23 bits per heavy atom. The van der Waals surface area contributed by atoms with Crippen LogP contribution in [0.5, 0.6) is 0 Å². The van der Waals surface area contributed by atoms with Crippen LogP contribution in [0.1, 0.15) is 26.7 Å². The molecule has 0 aromatic heterocycles. The average Bonchev–Trinajstić information content (AvgIpc) is 2.67. The lowest BCUT2D eigenvalue weighted by molar-refractivity contribution is -0.145. The molecule has 2 N–H and O–H groups in total. The quantitative estimate of drug-likeness (QED) is 0.644. The van der Waals surface area contributed by atoms with E-state index in [0.717, 1.165) is 19.4 Å². The lowest BCUT2D eigenvalue weighted by Gasteiger charge is -2.19. The zero-order valence-electron chi connectivity index (χ0n) is 8.75. The van der Waals surface area contributed by atoms with E-state index >= 15 is 0 Å². The highest BCUT2D eigenvalue weighted by atomic mass is 16.5. The van der Waals surface area contributed by atoms with Gasteiger partial charge >= 0.3 is 5.97 Å². The van der Waals surface area contributed by atoms with Crippen molar-refractivity contribution < 1.29 is 9.53 Å². The summed E-state index contributed by atoms with van der Waals surface area (Å²) in [6.07, 6.45) is 1.92. The molecule has 1 atom stereocenters. The standard InChI is InChI=1S/C7H14N2O2.C2H6/c1-11-7(10)6-3-2-4-9(6)5-8;1-2/h6H,2-5,8H2,1H3;1-2H3. The van der Waals surface area contributed by atoms with Gasteiger partial charge in [0.05, 0.1) is 7.11 Å². The molecule has 0 radical (unpaired) electrons. The third-order valence-corrected chi connectivity index (χ3v) is 2.07. The first-order valence-electron chi connectivity index (χ1n) is 4.81. The zero-order valence-corrected chi connectivity index (χ0v) is 8.75. The highest BCUT2D eigenvalue weighted by Gasteiger charge is 2.29. The Kier molecular flexibility index (Phi) is 6.54. The van der Waals surface area contributed by atoms with Crippen LogP contribution in [0.25, 0.3) is 0 Å². The summed E-state index contributed by atoms with van der Waals surface area (Å²) in [7, 11) is 1.41. The summed E-state index contributed by atoms with van der Waals surface area (Å²) in [6, 6.07) is -0.0926. The van der Waals surface area contributed by atoms with E-state index in [4.69, 9.17) is 5.73 Å². The second kappa shape index (κ2) is 6.86. The maximum atomic E-state index is 11.1. The predicted octanol–water partition coefficient (Wildman–Crippen LogP) is 0.566. The van der Waals surface area contributed by atoms with Crippen LogP contribution in [-0.2, 0) is 9.53 Å². The van der Waals surface area contributed by atoms with Gasteiger partial charge in [-0.25, -0.2) is 0 Å². The third kappa shape index (κ3) is 3.32. The van der Waals surface area contributed by atoms with Gasteiger partial charge in [0.1, 0.15) is 6.04 Å². The largest absolute Gasteiger partial charge is 0.468 e. The van der Waals surface area contributed by atoms with Crippen LogP contribution >= 0.6 is 0 Å². The Balaban J connectivity index is 0.000000671. The van der Waals surface area contributed by atoms with Crippen molar-refractivity contribution in [3.8, 4) is 0 Å². The molecule has 1 heterocycles. The number of nitrogens with zero attached hydrogens (tertiary/aromatic N) is 1. The summed E-state index contributed by atoms with van der Waals surface area (Å²) in [4.78, 5) is 13.0. The molecule has 0 bridgehead atoms. The van der Waals surface area contributed by atoms with Crippen LogP contribution < -0.4 is 5.73 Å². The minimum Gasteiger partial charge on any atom is -0.468 e. The van der Waals surface area contributed by atoms with Gasteiger partial charge in [0.15, 0.2) is 0 Å². The molecule has 4 nitrogen and oxygen atoms in total. The zero-order chi connectivity index (χ0) is 10.3. The maximum absolute atomic E-state index is 11.1. The molecule has 13 heavy (non-hydrogen) atoms. The first kappa shape index (κ1) is 12.4. The van der Waals surface area contributed by atoms with Crippen LogP contribution in [-0.4, -0.2) is 37.2 Å². The number of methoxy groups -OCH3 is 1. The molecular formula is C9H20N2O2. The van der Waals surface area contributed by atoms with E-state index in [2.05, 4.69) is 4.74 Å². The number of hydrogen-bond acceptors (Lipinski definition) is 4. The molecule has 1 aliphatic heterocycles. The lowest BCUT2D eigenvalue weighted by Crippen LogP contribution is -2.40. The van der Waals surface area contributed by atoms with E-state index in [9.17, 15) is 4.79 Å². The van der Waals surface area contributed by atoms with Gasteiger partial charge in [-0.2, -0.15) is 0 Å². The second-order valence-electron chi connectivity index (χ2n) is 2.68. The van der Waals surface area contributed by atoms with Gasteiger partial charge < -0.3 is 10.5 Å². The van der Waals surface area contributed by atoms with E-state index < -0.39 is 0 Å². The van der Waals surface area contributed by atoms with Crippen molar-refractivity contribution in [2.24, 2.45) is 5.73 Å². The van der Waals surface area contributed by atoms with Crippen molar-refractivity contribution in [1.82, 2.24) is 4.90 Å². The number of carbonyl (C=O) groups is 1. The fourth-order valence-electron chi connectivity index (χ4n) is 1.45. The summed E-state index contributed by atoms with van der Waals surface area (Å²) >= 11 is 0. The molecule has 0 amide bonds. The molecule has 0 aromatic carbocycles. The SMILES string of the molecule is CC.COC(=O)C1CCCN1CN. The van der Waals surface area contributed by atoms with Crippen LogP contribution in [0.2, 0.25) is 0 Å². The highest BCUT2D eigenvalue weighted by molar-refractivity contribution is 5.75. The number of nitrogens with two attached hydrogens (primary N) is 1. The van der Waals surface area contributed by atoms with E-state index in [1.807, 2.05) is 18.7 Å². The Bertz CT molecular complexity index is 151. The fourth-order valence-corrected chi connectivity index (χ4v) is 1.45. The monoisotopic (exact) mass is 188 g/mol. The molecule has 1 aliphatic rings. The average molecular weight is 188 g/mol. The van der Waals surface area contributed by atoms with Crippen LogP contribution in [0.4, 0.5) is 0 Å². The Hall–Kier alpha value is -0.610. The predicted molar refractivity (Wildman–Crippen MR) is 52.1 cm³/mol. The number of rotatable bonds is 2. The van der Waals surface area contributed by atoms with Crippen molar-refractivity contribution in [3.63, 3.8) is 0 Å². The third-order valence-electron chi connectivity index (χ3n) is 2.07. The smallest absolute Gasteiger partial charge is 0.323 e. The molecule has 0 spiro atoms. The van der Waals surface area contributed by atoms with Crippen molar-refractivity contribution in [3.05, 3.63) is 0 Å². The molecule has 1 unspecified atom stereocenters. The highest BCUT2D eigenvalue weighted by Crippen LogP contribution is 2.16. The minimum absolute atomic E-state index is 0.0926. The topological polar surface area (TPSA) is 55.6 Å². The summed E-state index contributed by atoms with van der Waals surface area (Å²) in [6.45, 7) is 5.36. The number of esters is 1. The first-order valence-corrected chi connectivity index (χ1v) is 4.81. The minimum atomic E-state index is -0.159. The molecule has 1 saturated heterocycles. The second-order valence-corrected chi connectivity index (χ2v) is 2.68. The molecule has 0 aromatic rings. The van der Waals surface area contributed by atoms with Crippen molar-refractivity contribution in [2.45, 2.75) is 32.7 Å². The Morgan fingerprint density at radius 1 is 1.62 bits per heavy atom. The number of hydrogen-bond donors (Lipinski definition) is 1. The van der Waals surface area contributed by atoms with Crippen molar-refractivity contribution >= 4 is 5.97 Å². The number of ether oxygens (including phenoxy) is 1. The van der Waals surface area contributed by atoms with E-state index in [1.54, 1.807) is 0 Å². The van der Waals surface area contributed by atoms with Crippen LogP contribution in [0.15, 0.2) is 0 Å². The molecule has 1 rings (SSSR count). The van der Waals surface area contributed by atoms with Gasteiger partial charge in [0, 0.05) is 13.2 Å². The first-order chi connectivity index (χ1) is 6.29. The molecule has 0 aliphatic carbocycles. The Labute approximate surface area is 80.0 Å². The van der Waals surface area contributed by atoms with Crippen molar-refractivity contribution in [1.29, 1.82) is 0 Å². The molecular weight excluding hydrogens is 168 g/mol. The van der Waals surface area contributed by atoms with E-state index in [-0.39, 0.29) is 12.0 Å². The maximum Gasteiger partial charge on any atom is 0.323 e. The van der Waals surface area contributed by atoms with Crippen LogP contribution in [0, 0.1) is 0 Å². The van der Waals surface area contributed by atoms with Gasteiger partial charge in [0.25, 0.3) is 0 Å². The normalized spacial score (nSPS) is 22.0. The lowest BCUT2D eigenvalue weighted by atomic mass is 10.2. The van der Waals surface area contributed by atoms with Gasteiger partial charge in [-0.15, -0.1) is 0 Å².